The summed E-state index contributed by atoms with van der Waals surface area (Å²) in [7, 11) is 0. The predicted octanol–water partition coefficient (Wildman–Crippen LogP) is 3.82. The molecule has 1 heterocycles. The maximum atomic E-state index is 12.3. The molecule has 0 unspecified atom stereocenters. The van der Waals surface area contributed by atoms with Crippen LogP contribution in [0.3, 0.4) is 0 Å². The molecule has 0 aliphatic carbocycles. The number of aromatic nitrogens is 1. The van der Waals surface area contributed by atoms with Gasteiger partial charge in [0, 0.05) is 23.8 Å². The van der Waals surface area contributed by atoms with Crippen molar-refractivity contribution >= 4 is 5.91 Å². The largest absolute Gasteiger partial charge is 0.396 e. The van der Waals surface area contributed by atoms with Gasteiger partial charge in [-0.15, -0.1) is 0 Å². The van der Waals surface area contributed by atoms with Crippen LogP contribution < -0.4 is 5.32 Å². The Balaban J connectivity index is 1.86. The molecule has 1 aromatic heterocycles. The Hall–Kier alpha value is -2.92. The summed E-state index contributed by atoms with van der Waals surface area (Å²) in [5, 5.41) is 16.0. The number of aliphatic hydroxyl groups is 1. The second-order valence-corrected chi connectivity index (χ2v) is 6.29. The molecule has 5 nitrogen and oxygen atoms in total. The van der Waals surface area contributed by atoms with E-state index in [2.05, 4.69) is 10.5 Å². The Kier molecular flexibility index (Phi) is 5.49. The van der Waals surface area contributed by atoms with Crippen LogP contribution in [0.5, 0.6) is 0 Å². The fraction of sp³-hybridized carbons (Fsp3) is 0.238. The minimum absolute atomic E-state index is 0.0510. The third kappa shape index (κ3) is 3.83. The molecule has 0 bridgehead atoms. The minimum Gasteiger partial charge on any atom is -0.396 e. The van der Waals surface area contributed by atoms with Crippen molar-refractivity contribution in [3.8, 4) is 22.4 Å². The summed E-state index contributed by atoms with van der Waals surface area (Å²) < 4.78 is 5.41. The molecular weight excluding hydrogens is 328 g/mol. The van der Waals surface area contributed by atoms with Gasteiger partial charge in [-0.2, -0.15) is 0 Å². The summed E-state index contributed by atoms with van der Waals surface area (Å²) in [6, 6.07) is 17.2. The molecule has 0 saturated heterocycles. The SMILES string of the molecule is Cc1onc(-c2ccccc2)c1-c1ccc(C(=O)N[C@@H](C)CCO)cc1. The number of nitrogens with zero attached hydrogens (tertiary/aromatic N) is 1. The van der Waals surface area contributed by atoms with E-state index in [0.29, 0.717) is 12.0 Å². The highest BCUT2D eigenvalue weighted by Crippen LogP contribution is 2.34. The lowest BCUT2D eigenvalue weighted by molar-refractivity contribution is 0.0934. The number of aryl methyl sites for hydroxylation is 1. The summed E-state index contributed by atoms with van der Waals surface area (Å²) in [5.74, 6) is 0.584. The highest BCUT2D eigenvalue weighted by molar-refractivity contribution is 5.95. The average molecular weight is 350 g/mol. The third-order valence-corrected chi connectivity index (χ3v) is 4.29. The second-order valence-electron chi connectivity index (χ2n) is 6.29. The number of aliphatic hydroxyl groups excluding tert-OH is 1. The molecule has 0 aliphatic heterocycles. The van der Waals surface area contributed by atoms with Gasteiger partial charge in [0.25, 0.3) is 5.91 Å². The molecule has 3 aromatic rings. The van der Waals surface area contributed by atoms with E-state index >= 15 is 0 Å². The molecule has 0 fully saturated rings. The first-order valence-electron chi connectivity index (χ1n) is 8.64. The molecule has 2 N–H and O–H groups in total. The normalized spacial score (nSPS) is 12.0. The molecule has 0 radical (unpaired) electrons. The van der Waals surface area contributed by atoms with Gasteiger partial charge in [0.05, 0.1) is 5.56 Å². The number of carbonyl (C=O) groups excluding carboxylic acids is 1. The Labute approximate surface area is 152 Å². The van der Waals surface area contributed by atoms with Crippen LogP contribution in [-0.2, 0) is 0 Å². The number of carbonyl (C=O) groups is 1. The Morgan fingerprint density at radius 1 is 1.12 bits per heavy atom. The Morgan fingerprint density at radius 3 is 2.46 bits per heavy atom. The molecule has 1 atom stereocenters. The van der Waals surface area contributed by atoms with Gasteiger partial charge < -0.3 is 14.9 Å². The van der Waals surface area contributed by atoms with E-state index in [1.54, 1.807) is 12.1 Å². The number of amides is 1. The van der Waals surface area contributed by atoms with Crippen LogP contribution in [0.2, 0.25) is 0 Å². The van der Waals surface area contributed by atoms with Gasteiger partial charge in [-0.05, 0) is 38.0 Å². The summed E-state index contributed by atoms with van der Waals surface area (Å²) in [6.07, 6.45) is 0.532. The van der Waals surface area contributed by atoms with Crippen molar-refractivity contribution in [3.05, 3.63) is 65.9 Å². The standard InChI is InChI=1S/C21H22N2O3/c1-14(12-13-24)22-21(25)18-10-8-16(9-11-18)19-15(2)26-23-20(19)17-6-4-3-5-7-17/h3-11,14,24H,12-13H2,1-2H3,(H,22,25)/t14-/m0/s1. The van der Waals surface area contributed by atoms with Crippen molar-refractivity contribution in [3.63, 3.8) is 0 Å². The topological polar surface area (TPSA) is 75.4 Å². The first kappa shape index (κ1) is 17.9. The van der Waals surface area contributed by atoms with Crippen LogP contribution in [0.1, 0.15) is 29.5 Å². The van der Waals surface area contributed by atoms with Gasteiger partial charge in [-0.25, -0.2) is 0 Å². The van der Waals surface area contributed by atoms with E-state index in [4.69, 9.17) is 9.63 Å². The zero-order valence-corrected chi connectivity index (χ0v) is 14.9. The monoisotopic (exact) mass is 350 g/mol. The van der Waals surface area contributed by atoms with Crippen molar-refractivity contribution in [1.29, 1.82) is 0 Å². The molecule has 3 rings (SSSR count). The number of hydrogen-bond acceptors (Lipinski definition) is 4. The van der Waals surface area contributed by atoms with Crippen molar-refractivity contribution in [2.75, 3.05) is 6.61 Å². The molecular formula is C21H22N2O3. The molecule has 0 spiro atoms. The molecule has 0 saturated carbocycles. The molecule has 0 aliphatic rings. The number of benzene rings is 2. The first-order chi connectivity index (χ1) is 12.6. The van der Waals surface area contributed by atoms with E-state index in [1.165, 1.54) is 0 Å². The fourth-order valence-electron chi connectivity index (χ4n) is 2.87. The lowest BCUT2D eigenvalue weighted by Crippen LogP contribution is -2.33. The maximum Gasteiger partial charge on any atom is 0.251 e. The summed E-state index contributed by atoms with van der Waals surface area (Å²) in [5.41, 5.74) is 4.23. The van der Waals surface area contributed by atoms with Crippen LogP contribution in [0, 0.1) is 6.92 Å². The zero-order chi connectivity index (χ0) is 18.5. The molecule has 26 heavy (non-hydrogen) atoms. The highest BCUT2D eigenvalue weighted by atomic mass is 16.5. The second kappa shape index (κ2) is 7.97. The fourth-order valence-corrected chi connectivity index (χ4v) is 2.87. The van der Waals surface area contributed by atoms with Gasteiger partial charge in [-0.3, -0.25) is 4.79 Å². The van der Waals surface area contributed by atoms with E-state index in [-0.39, 0.29) is 18.6 Å². The van der Waals surface area contributed by atoms with Crippen molar-refractivity contribution < 1.29 is 14.4 Å². The summed E-state index contributed by atoms with van der Waals surface area (Å²) in [4.78, 5) is 12.3. The lowest BCUT2D eigenvalue weighted by atomic mass is 9.98. The van der Waals surface area contributed by atoms with Crippen molar-refractivity contribution in [2.45, 2.75) is 26.3 Å². The highest BCUT2D eigenvalue weighted by Gasteiger charge is 2.17. The Morgan fingerprint density at radius 2 is 1.81 bits per heavy atom. The van der Waals surface area contributed by atoms with Gasteiger partial charge in [0.1, 0.15) is 11.5 Å². The smallest absolute Gasteiger partial charge is 0.251 e. The number of rotatable bonds is 6. The average Bonchev–Trinajstić information content (AvgIpc) is 3.04. The van der Waals surface area contributed by atoms with E-state index in [0.717, 1.165) is 28.1 Å². The zero-order valence-electron chi connectivity index (χ0n) is 14.9. The van der Waals surface area contributed by atoms with Gasteiger partial charge in [0.15, 0.2) is 0 Å². The van der Waals surface area contributed by atoms with Gasteiger partial charge in [0.2, 0.25) is 0 Å². The lowest BCUT2D eigenvalue weighted by Gasteiger charge is -2.12. The summed E-state index contributed by atoms with van der Waals surface area (Å²) in [6.45, 7) is 3.80. The van der Waals surface area contributed by atoms with E-state index in [9.17, 15) is 4.79 Å². The molecule has 1 amide bonds. The van der Waals surface area contributed by atoms with E-state index in [1.807, 2.05) is 56.3 Å². The predicted molar refractivity (Wildman–Crippen MR) is 101 cm³/mol. The van der Waals surface area contributed by atoms with Crippen molar-refractivity contribution in [2.24, 2.45) is 0 Å². The van der Waals surface area contributed by atoms with Crippen LogP contribution in [0.25, 0.3) is 22.4 Å². The molecule has 2 aromatic carbocycles. The Bertz CT molecular complexity index is 870. The van der Waals surface area contributed by atoms with Crippen molar-refractivity contribution in [1.82, 2.24) is 10.5 Å². The number of hydrogen-bond donors (Lipinski definition) is 2. The van der Waals surface area contributed by atoms with Gasteiger partial charge in [-0.1, -0.05) is 47.6 Å². The van der Waals surface area contributed by atoms with Crippen LogP contribution in [0.15, 0.2) is 59.1 Å². The molecule has 5 heteroatoms. The molecule has 134 valence electrons. The van der Waals surface area contributed by atoms with Crippen LogP contribution in [-0.4, -0.2) is 28.8 Å². The van der Waals surface area contributed by atoms with Crippen LogP contribution in [0.4, 0.5) is 0 Å². The minimum atomic E-state index is -0.150. The third-order valence-electron chi connectivity index (χ3n) is 4.29. The van der Waals surface area contributed by atoms with Gasteiger partial charge >= 0.3 is 0 Å². The van der Waals surface area contributed by atoms with Crippen LogP contribution >= 0.6 is 0 Å². The van der Waals surface area contributed by atoms with E-state index < -0.39 is 0 Å². The number of nitrogens with one attached hydrogen (secondary N) is 1. The maximum absolute atomic E-state index is 12.3. The quantitative estimate of drug-likeness (QED) is 0.709. The summed E-state index contributed by atoms with van der Waals surface area (Å²) >= 11 is 0. The first-order valence-corrected chi connectivity index (χ1v) is 8.64.